The molecule has 2 unspecified atom stereocenters. The van der Waals surface area contributed by atoms with Crippen molar-refractivity contribution < 1.29 is 4.79 Å². The maximum atomic E-state index is 12.1. The number of nitrogens with one attached hydrogen (secondary N) is 3. The van der Waals surface area contributed by atoms with Crippen LogP contribution in [0.3, 0.4) is 0 Å². The molecule has 2 aliphatic heterocycles. The summed E-state index contributed by atoms with van der Waals surface area (Å²) in [4.78, 5) is 12.1. The standard InChI is InChI=1S/C15H24N4O/c1-9(2)13-8-14(19-18-13)17-15(20)7-10-5-11-3-4-12(6-10)16-11/h8-12,16H,3-7H2,1-2H3,(H2,17,18,19,20). The van der Waals surface area contributed by atoms with Gasteiger partial charge in [-0.05, 0) is 37.5 Å². The Morgan fingerprint density at radius 3 is 2.70 bits per heavy atom. The van der Waals surface area contributed by atoms with Crippen LogP contribution >= 0.6 is 0 Å². The first kappa shape index (κ1) is 13.6. The normalized spacial score (nSPS) is 28.9. The van der Waals surface area contributed by atoms with Crippen LogP contribution in [-0.4, -0.2) is 28.2 Å². The van der Waals surface area contributed by atoms with Crippen LogP contribution in [0.15, 0.2) is 6.07 Å². The molecule has 2 saturated heterocycles. The van der Waals surface area contributed by atoms with Gasteiger partial charge in [0.25, 0.3) is 0 Å². The Morgan fingerprint density at radius 1 is 1.40 bits per heavy atom. The monoisotopic (exact) mass is 276 g/mol. The summed E-state index contributed by atoms with van der Waals surface area (Å²) >= 11 is 0. The highest BCUT2D eigenvalue weighted by atomic mass is 16.1. The number of nitrogens with zero attached hydrogens (tertiary/aromatic N) is 1. The zero-order valence-electron chi connectivity index (χ0n) is 12.3. The Morgan fingerprint density at radius 2 is 2.10 bits per heavy atom. The number of hydrogen-bond acceptors (Lipinski definition) is 3. The molecule has 1 amide bonds. The number of carbonyl (C=O) groups is 1. The first-order valence-corrected chi connectivity index (χ1v) is 7.71. The van der Waals surface area contributed by atoms with E-state index >= 15 is 0 Å². The summed E-state index contributed by atoms with van der Waals surface area (Å²) in [5.41, 5.74) is 1.06. The van der Waals surface area contributed by atoms with Crippen LogP contribution < -0.4 is 10.6 Å². The van der Waals surface area contributed by atoms with Gasteiger partial charge in [-0.3, -0.25) is 9.89 Å². The lowest BCUT2D eigenvalue weighted by atomic mass is 9.89. The molecule has 5 heteroatoms. The molecule has 1 aromatic heterocycles. The molecule has 3 heterocycles. The molecule has 3 N–H and O–H groups in total. The molecule has 0 spiro atoms. The number of anilines is 1. The summed E-state index contributed by atoms with van der Waals surface area (Å²) < 4.78 is 0. The van der Waals surface area contributed by atoms with E-state index in [9.17, 15) is 4.79 Å². The number of carbonyl (C=O) groups excluding carboxylic acids is 1. The minimum Gasteiger partial charge on any atom is -0.311 e. The third-order valence-corrected chi connectivity index (χ3v) is 4.53. The maximum Gasteiger partial charge on any atom is 0.225 e. The summed E-state index contributed by atoms with van der Waals surface area (Å²) in [7, 11) is 0. The van der Waals surface area contributed by atoms with E-state index < -0.39 is 0 Å². The van der Waals surface area contributed by atoms with Crippen molar-refractivity contribution in [2.75, 3.05) is 5.32 Å². The molecule has 2 fully saturated rings. The van der Waals surface area contributed by atoms with Crippen molar-refractivity contribution >= 4 is 11.7 Å². The van der Waals surface area contributed by atoms with Gasteiger partial charge < -0.3 is 10.6 Å². The number of aromatic amines is 1. The summed E-state index contributed by atoms with van der Waals surface area (Å²) in [6.07, 6.45) is 5.46. The average molecular weight is 276 g/mol. The van der Waals surface area contributed by atoms with Gasteiger partial charge in [-0.15, -0.1) is 0 Å². The van der Waals surface area contributed by atoms with Crippen LogP contribution in [0.2, 0.25) is 0 Å². The molecule has 0 saturated carbocycles. The van der Waals surface area contributed by atoms with E-state index in [1.807, 2.05) is 6.07 Å². The number of piperidine rings is 1. The van der Waals surface area contributed by atoms with E-state index in [-0.39, 0.29) is 5.91 Å². The summed E-state index contributed by atoms with van der Waals surface area (Å²) in [6, 6.07) is 3.21. The Kier molecular flexibility index (Phi) is 3.78. The van der Waals surface area contributed by atoms with Crippen LogP contribution in [0.5, 0.6) is 0 Å². The number of aromatic nitrogens is 2. The topological polar surface area (TPSA) is 69.8 Å². The lowest BCUT2D eigenvalue weighted by Crippen LogP contribution is -2.39. The van der Waals surface area contributed by atoms with Crippen LogP contribution in [0, 0.1) is 5.92 Å². The third-order valence-electron chi connectivity index (χ3n) is 4.53. The number of fused-ring (bicyclic) bond motifs is 2. The molecule has 2 bridgehead atoms. The van der Waals surface area contributed by atoms with Crippen molar-refractivity contribution in [3.8, 4) is 0 Å². The second-order valence-electron chi connectivity index (χ2n) is 6.59. The molecule has 3 rings (SSSR count). The first-order valence-electron chi connectivity index (χ1n) is 7.71. The summed E-state index contributed by atoms with van der Waals surface area (Å²) in [5.74, 6) is 1.67. The number of rotatable bonds is 4. The van der Waals surface area contributed by atoms with E-state index in [0.717, 1.165) is 18.5 Å². The molecule has 2 atom stereocenters. The Bertz CT molecular complexity index is 470. The largest absolute Gasteiger partial charge is 0.311 e. The first-order chi connectivity index (χ1) is 9.60. The maximum absolute atomic E-state index is 12.1. The third kappa shape index (κ3) is 3.03. The molecular weight excluding hydrogens is 252 g/mol. The Hall–Kier alpha value is -1.36. The van der Waals surface area contributed by atoms with Gasteiger partial charge in [-0.2, -0.15) is 5.10 Å². The molecule has 20 heavy (non-hydrogen) atoms. The lowest BCUT2D eigenvalue weighted by molar-refractivity contribution is -0.117. The molecule has 1 aromatic rings. The highest BCUT2D eigenvalue weighted by molar-refractivity contribution is 5.89. The van der Waals surface area contributed by atoms with Crippen LogP contribution in [-0.2, 0) is 4.79 Å². The molecule has 0 aliphatic carbocycles. The fourth-order valence-corrected chi connectivity index (χ4v) is 3.49. The van der Waals surface area contributed by atoms with Gasteiger partial charge in [0, 0.05) is 30.3 Å². The van der Waals surface area contributed by atoms with Crippen molar-refractivity contribution in [2.24, 2.45) is 5.92 Å². The minimum absolute atomic E-state index is 0.0955. The van der Waals surface area contributed by atoms with Crippen LogP contribution in [0.25, 0.3) is 0 Å². The van der Waals surface area contributed by atoms with E-state index in [4.69, 9.17) is 0 Å². The van der Waals surface area contributed by atoms with Crippen molar-refractivity contribution in [3.05, 3.63) is 11.8 Å². The molecular formula is C15H24N4O. The smallest absolute Gasteiger partial charge is 0.225 e. The van der Waals surface area contributed by atoms with Crippen molar-refractivity contribution in [1.29, 1.82) is 0 Å². The van der Waals surface area contributed by atoms with Gasteiger partial charge in [0.15, 0.2) is 5.82 Å². The molecule has 5 nitrogen and oxygen atoms in total. The molecule has 110 valence electrons. The SMILES string of the molecule is CC(C)c1cc(NC(=O)CC2CC3CCC(C2)N3)n[nH]1. The Labute approximate surface area is 119 Å². The van der Waals surface area contributed by atoms with Gasteiger partial charge in [0.2, 0.25) is 5.91 Å². The van der Waals surface area contributed by atoms with Crippen molar-refractivity contribution in [2.45, 2.75) is 64.0 Å². The van der Waals surface area contributed by atoms with Gasteiger partial charge in [0.05, 0.1) is 0 Å². The quantitative estimate of drug-likeness (QED) is 0.791. The number of hydrogen-bond donors (Lipinski definition) is 3. The fraction of sp³-hybridized carbons (Fsp3) is 0.733. The van der Waals surface area contributed by atoms with Crippen molar-refractivity contribution in [1.82, 2.24) is 15.5 Å². The zero-order chi connectivity index (χ0) is 14.1. The fourth-order valence-electron chi connectivity index (χ4n) is 3.49. The average Bonchev–Trinajstić information content (AvgIpc) is 2.96. The van der Waals surface area contributed by atoms with Gasteiger partial charge in [-0.1, -0.05) is 13.8 Å². The highest BCUT2D eigenvalue weighted by Gasteiger charge is 2.34. The summed E-state index contributed by atoms with van der Waals surface area (Å²) in [5, 5.41) is 13.6. The molecule has 0 aromatic carbocycles. The van der Waals surface area contributed by atoms with Gasteiger partial charge in [0.1, 0.15) is 0 Å². The second kappa shape index (κ2) is 5.56. The van der Waals surface area contributed by atoms with E-state index in [2.05, 4.69) is 34.7 Å². The second-order valence-corrected chi connectivity index (χ2v) is 6.59. The number of amides is 1. The van der Waals surface area contributed by atoms with Gasteiger partial charge >= 0.3 is 0 Å². The van der Waals surface area contributed by atoms with E-state index in [0.29, 0.717) is 36.2 Å². The van der Waals surface area contributed by atoms with E-state index in [1.54, 1.807) is 0 Å². The minimum atomic E-state index is 0.0955. The van der Waals surface area contributed by atoms with Gasteiger partial charge in [-0.25, -0.2) is 0 Å². The Balaban J connectivity index is 1.51. The lowest BCUT2D eigenvalue weighted by Gasteiger charge is -2.28. The zero-order valence-corrected chi connectivity index (χ0v) is 12.3. The molecule has 2 aliphatic rings. The highest BCUT2D eigenvalue weighted by Crippen LogP contribution is 2.32. The predicted molar refractivity (Wildman–Crippen MR) is 78.6 cm³/mol. The van der Waals surface area contributed by atoms with Crippen LogP contribution in [0.1, 0.15) is 57.6 Å². The predicted octanol–water partition coefficient (Wildman–Crippen LogP) is 2.39. The van der Waals surface area contributed by atoms with Crippen LogP contribution in [0.4, 0.5) is 5.82 Å². The molecule has 0 radical (unpaired) electrons. The number of H-pyrrole nitrogens is 1. The van der Waals surface area contributed by atoms with Crippen molar-refractivity contribution in [3.63, 3.8) is 0 Å². The summed E-state index contributed by atoms with van der Waals surface area (Å²) in [6.45, 7) is 4.20. The van der Waals surface area contributed by atoms with E-state index in [1.165, 1.54) is 12.8 Å².